The average molecular weight is 323 g/mol. The Labute approximate surface area is 127 Å². The van der Waals surface area contributed by atoms with Crippen molar-refractivity contribution < 1.29 is 17.2 Å². The molecule has 0 aromatic carbocycles. The van der Waals surface area contributed by atoms with E-state index in [1.165, 1.54) is 6.92 Å². The average Bonchev–Trinajstić information content (AvgIpc) is 2.41. The van der Waals surface area contributed by atoms with Gasteiger partial charge in [0.25, 0.3) is 5.92 Å². The molecule has 0 bridgehead atoms. The zero-order valence-electron chi connectivity index (χ0n) is 13.2. The predicted octanol–water partition coefficient (Wildman–Crippen LogP) is 3.10. The third-order valence-corrected chi connectivity index (χ3v) is 8.20. The Morgan fingerprint density at radius 1 is 1.14 bits per heavy atom. The Balaban J connectivity index is 2.08. The lowest BCUT2D eigenvalue weighted by Gasteiger charge is -2.40. The molecule has 21 heavy (non-hydrogen) atoms. The van der Waals surface area contributed by atoms with E-state index in [-0.39, 0.29) is 6.42 Å². The van der Waals surface area contributed by atoms with Crippen LogP contribution in [0.15, 0.2) is 0 Å². The summed E-state index contributed by atoms with van der Waals surface area (Å²) in [5.41, 5.74) is 0. The van der Waals surface area contributed by atoms with Crippen molar-refractivity contribution in [2.75, 3.05) is 13.1 Å². The van der Waals surface area contributed by atoms with Crippen molar-refractivity contribution in [3.8, 4) is 0 Å². The highest BCUT2D eigenvalue weighted by Gasteiger charge is 2.50. The maximum absolute atomic E-state index is 13.8. The van der Waals surface area contributed by atoms with Crippen molar-refractivity contribution in [1.29, 1.82) is 0 Å². The summed E-state index contributed by atoms with van der Waals surface area (Å²) in [7, 11) is -3.46. The lowest BCUT2D eigenvalue weighted by molar-refractivity contribution is -0.0766. The van der Waals surface area contributed by atoms with Gasteiger partial charge in [0.15, 0.2) is 9.84 Å². The minimum atomic E-state index is -3.46. The van der Waals surface area contributed by atoms with E-state index >= 15 is 0 Å². The Hall–Kier alpha value is -0.230. The van der Waals surface area contributed by atoms with Crippen LogP contribution in [-0.2, 0) is 9.84 Å². The van der Waals surface area contributed by atoms with Gasteiger partial charge in [-0.1, -0.05) is 6.92 Å². The number of halogens is 2. The monoisotopic (exact) mass is 323 g/mol. The van der Waals surface area contributed by atoms with E-state index < -0.39 is 32.2 Å². The van der Waals surface area contributed by atoms with E-state index in [9.17, 15) is 17.2 Å². The highest BCUT2D eigenvalue weighted by molar-refractivity contribution is 7.92. The van der Waals surface area contributed by atoms with E-state index in [1.54, 1.807) is 0 Å². The van der Waals surface area contributed by atoms with Crippen LogP contribution in [0.2, 0.25) is 0 Å². The van der Waals surface area contributed by atoms with Gasteiger partial charge >= 0.3 is 0 Å². The second-order valence-corrected chi connectivity index (χ2v) is 9.35. The van der Waals surface area contributed by atoms with Crippen molar-refractivity contribution in [1.82, 2.24) is 4.90 Å². The molecule has 0 spiro atoms. The van der Waals surface area contributed by atoms with Crippen LogP contribution in [0.4, 0.5) is 8.78 Å². The van der Waals surface area contributed by atoms with Crippen LogP contribution in [0.25, 0.3) is 0 Å². The van der Waals surface area contributed by atoms with Gasteiger partial charge in [-0.05, 0) is 52.6 Å². The fraction of sp³-hybridized carbons (Fsp3) is 1.00. The van der Waals surface area contributed by atoms with E-state index in [4.69, 9.17) is 0 Å². The summed E-state index contributed by atoms with van der Waals surface area (Å²) in [6, 6.07) is 0.409. The van der Waals surface area contributed by atoms with E-state index in [1.807, 2.05) is 0 Å². The van der Waals surface area contributed by atoms with Gasteiger partial charge in [0.05, 0.1) is 10.5 Å². The highest BCUT2D eigenvalue weighted by atomic mass is 32.2. The van der Waals surface area contributed by atoms with Gasteiger partial charge in [-0.3, -0.25) is 0 Å². The van der Waals surface area contributed by atoms with Gasteiger partial charge in [-0.2, -0.15) is 0 Å². The molecule has 0 N–H and O–H groups in total. The fourth-order valence-corrected chi connectivity index (χ4v) is 6.33. The molecule has 1 saturated heterocycles. The number of alkyl halides is 2. The summed E-state index contributed by atoms with van der Waals surface area (Å²) in [6.45, 7) is 7.10. The van der Waals surface area contributed by atoms with Crippen molar-refractivity contribution in [2.24, 2.45) is 5.92 Å². The zero-order valence-corrected chi connectivity index (χ0v) is 14.0. The summed E-state index contributed by atoms with van der Waals surface area (Å²) < 4.78 is 53.2. The minimum Gasteiger partial charge on any atom is -0.301 e. The molecule has 0 aromatic heterocycles. The summed E-state index contributed by atoms with van der Waals surface area (Å²) in [4.78, 5) is 2.25. The van der Waals surface area contributed by atoms with Gasteiger partial charge in [-0.15, -0.1) is 0 Å². The maximum Gasteiger partial charge on any atom is 0.251 e. The topological polar surface area (TPSA) is 37.4 Å². The van der Waals surface area contributed by atoms with Crippen LogP contribution in [0.3, 0.4) is 0 Å². The molecule has 2 fully saturated rings. The number of rotatable bonds is 3. The molecule has 2 atom stereocenters. The second-order valence-electron chi connectivity index (χ2n) is 6.90. The number of piperidine rings is 1. The quantitative estimate of drug-likeness (QED) is 0.801. The van der Waals surface area contributed by atoms with Gasteiger partial charge in [0.2, 0.25) is 0 Å². The Morgan fingerprint density at radius 2 is 1.71 bits per heavy atom. The predicted molar refractivity (Wildman–Crippen MR) is 80.4 cm³/mol. The van der Waals surface area contributed by atoms with Crippen LogP contribution in [0, 0.1) is 5.92 Å². The molecule has 0 amide bonds. The standard InChI is InChI=1S/C15H27F2NO2S/c1-11(2)18-9-6-13(7-10-18)21(19,20)14-5-4-8-15(16,17)12(14)3/h11-14H,4-10H2,1-3H3/t12-,14+/m1/s1. The first-order valence-corrected chi connectivity index (χ1v) is 9.62. The summed E-state index contributed by atoms with van der Waals surface area (Å²) in [6.07, 6.45) is 1.69. The molecule has 0 unspecified atom stereocenters. The summed E-state index contributed by atoms with van der Waals surface area (Å²) in [5.74, 6) is -3.89. The second kappa shape index (κ2) is 6.11. The van der Waals surface area contributed by atoms with Crippen LogP contribution >= 0.6 is 0 Å². The molecule has 1 aliphatic carbocycles. The molecule has 1 saturated carbocycles. The third kappa shape index (κ3) is 3.41. The zero-order chi connectivity index (χ0) is 15.8. The maximum atomic E-state index is 13.8. The molecular formula is C15H27F2NO2S. The Bertz CT molecular complexity index is 456. The van der Waals surface area contributed by atoms with Gasteiger partial charge in [0.1, 0.15) is 0 Å². The van der Waals surface area contributed by atoms with Crippen molar-refractivity contribution >= 4 is 9.84 Å². The number of hydrogen-bond donors (Lipinski definition) is 0. The van der Waals surface area contributed by atoms with E-state index in [2.05, 4.69) is 18.7 Å². The third-order valence-electron chi connectivity index (χ3n) is 5.32. The van der Waals surface area contributed by atoms with Crippen molar-refractivity contribution in [3.05, 3.63) is 0 Å². The first-order valence-electron chi connectivity index (χ1n) is 8.01. The highest BCUT2D eigenvalue weighted by Crippen LogP contribution is 2.42. The normalized spacial score (nSPS) is 32.5. The van der Waals surface area contributed by atoms with Crippen molar-refractivity contribution in [2.45, 2.75) is 75.3 Å². The molecule has 1 aliphatic heterocycles. The van der Waals surface area contributed by atoms with Gasteiger partial charge in [-0.25, -0.2) is 17.2 Å². The molecule has 124 valence electrons. The molecule has 3 nitrogen and oxygen atoms in total. The first-order chi connectivity index (χ1) is 9.66. The lowest BCUT2D eigenvalue weighted by atomic mass is 9.86. The number of sulfone groups is 1. The van der Waals surface area contributed by atoms with Crippen molar-refractivity contribution in [3.63, 3.8) is 0 Å². The molecular weight excluding hydrogens is 296 g/mol. The molecule has 2 aliphatic rings. The molecule has 2 rings (SSSR count). The van der Waals surface area contributed by atoms with Crippen LogP contribution < -0.4 is 0 Å². The summed E-state index contributed by atoms with van der Waals surface area (Å²) in [5, 5.41) is -1.30. The molecule has 1 heterocycles. The number of hydrogen-bond acceptors (Lipinski definition) is 3. The van der Waals surface area contributed by atoms with Crippen LogP contribution in [-0.4, -0.2) is 48.9 Å². The smallest absolute Gasteiger partial charge is 0.251 e. The van der Waals surface area contributed by atoms with Crippen LogP contribution in [0.1, 0.15) is 52.9 Å². The van der Waals surface area contributed by atoms with Crippen LogP contribution in [0.5, 0.6) is 0 Å². The molecule has 0 radical (unpaired) electrons. The number of nitrogens with zero attached hydrogens (tertiary/aromatic N) is 1. The minimum absolute atomic E-state index is 0.175. The lowest BCUT2D eigenvalue weighted by Crippen LogP contribution is -2.49. The SMILES string of the molecule is CC(C)N1CCC(S(=O)(=O)[C@H]2CCCC(F)(F)[C@@H]2C)CC1. The first kappa shape index (κ1) is 17.1. The van der Waals surface area contributed by atoms with E-state index in [0.29, 0.717) is 31.7 Å². The molecule has 6 heteroatoms. The van der Waals surface area contributed by atoms with Gasteiger partial charge in [0, 0.05) is 18.4 Å². The summed E-state index contributed by atoms with van der Waals surface area (Å²) >= 11 is 0. The fourth-order valence-electron chi connectivity index (χ4n) is 3.71. The molecule has 0 aromatic rings. The Kier molecular flexibility index (Phi) is 4.98. The van der Waals surface area contributed by atoms with Gasteiger partial charge < -0.3 is 4.90 Å². The Morgan fingerprint density at radius 3 is 2.24 bits per heavy atom. The van der Waals surface area contributed by atoms with E-state index in [0.717, 1.165) is 13.1 Å². The number of likely N-dealkylation sites (tertiary alicyclic amines) is 1. The largest absolute Gasteiger partial charge is 0.301 e.